The third-order valence-electron chi connectivity index (χ3n) is 6.47. The van der Waals surface area contributed by atoms with E-state index in [1.165, 1.54) is 11.1 Å². The average Bonchev–Trinajstić information content (AvgIpc) is 2.81. The predicted molar refractivity (Wildman–Crippen MR) is 130 cm³/mol. The highest BCUT2D eigenvalue weighted by atomic mass is 16.2. The van der Waals surface area contributed by atoms with Gasteiger partial charge in [-0.3, -0.25) is 4.79 Å². The first-order valence-corrected chi connectivity index (χ1v) is 11.5. The van der Waals surface area contributed by atoms with Gasteiger partial charge in [-0.1, -0.05) is 75.7 Å². The number of para-hydroxylation sites is 2. The summed E-state index contributed by atoms with van der Waals surface area (Å²) >= 11 is 0. The van der Waals surface area contributed by atoms with Crippen molar-refractivity contribution < 1.29 is 4.79 Å². The number of nitrogens with one attached hydrogen (secondary N) is 1. The van der Waals surface area contributed by atoms with Crippen molar-refractivity contribution in [2.45, 2.75) is 52.1 Å². The molecule has 0 bridgehead atoms. The minimum atomic E-state index is 0.0901. The quantitative estimate of drug-likeness (QED) is 0.479. The number of fused-ring (bicyclic) bond motifs is 1. The molecule has 3 heteroatoms. The van der Waals surface area contributed by atoms with Crippen LogP contribution in [0.2, 0.25) is 0 Å². The molecule has 3 atom stereocenters. The second-order valence-corrected chi connectivity index (χ2v) is 8.50. The standard InChI is InChI=1S/C28H32N2O/c1-4-11-21-16-18-22(19-17-21)28(31)30-25(5-2)20(3)27(24-14-9-10-15-26(24)30)29-23-12-7-6-8-13-23/h6-10,12-20,25,27,29H,4-5,11H2,1-3H3/t20-,25?,27?/m1/s1. The number of carbonyl (C=O) groups excluding carboxylic acids is 1. The van der Waals surface area contributed by atoms with Gasteiger partial charge in [-0.25, -0.2) is 0 Å². The van der Waals surface area contributed by atoms with E-state index in [0.29, 0.717) is 0 Å². The lowest BCUT2D eigenvalue weighted by Crippen LogP contribution is -2.50. The number of amides is 1. The number of rotatable bonds is 6. The molecule has 1 amide bonds. The van der Waals surface area contributed by atoms with Crippen LogP contribution in [0.4, 0.5) is 11.4 Å². The van der Waals surface area contributed by atoms with E-state index in [1.807, 2.05) is 29.2 Å². The van der Waals surface area contributed by atoms with Gasteiger partial charge in [-0.15, -0.1) is 0 Å². The topological polar surface area (TPSA) is 32.3 Å². The van der Waals surface area contributed by atoms with Crippen LogP contribution in [-0.4, -0.2) is 11.9 Å². The lowest BCUT2D eigenvalue weighted by atomic mass is 9.80. The van der Waals surface area contributed by atoms with Crippen LogP contribution in [0, 0.1) is 5.92 Å². The minimum absolute atomic E-state index is 0.0901. The third kappa shape index (κ3) is 4.23. The number of anilines is 2. The first-order chi connectivity index (χ1) is 15.1. The molecule has 0 aromatic heterocycles. The summed E-state index contributed by atoms with van der Waals surface area (Å²) in [7, 11) is 0. The van der Waals surface area contributed by atoms with Crippen LogP contribution in [0.5, 0.6) is 0 Å². The fourth-order valence-electron chi connectivity index (χ4n) is 4.87. The molecule has 160 valence electrons. The van der Waals surface area contributed by atoms with Crippen LogP contribution >= 0.6 is 0 Å². The second-order valence-electron chi connectivity index (χ2n) is 8.50. The van der Waals surface area contributed by atoms with Gasteiger partial charge in [0.2, 0.25) is 0 Å². The molecule has 1 N–H and O–H groups in total. The Kier molecular flexibility index (Phi) is 6.41. The highest BCUT2D eigenvalue weighted by Crippen LogP contribution is 2.43. The lowest BCUT2D eigenvalue weighted by Gasteiger charge is -2.45. The van der Waals surface area contributed by atoms with E-state index in [4.69, 9.17) is 0 Å². The van der Waals surface area contributed by atoms with Crippen molar-refractivity contribution >= 4 is 17.3 Å². The summed E-state index contributed by atoms with van der Waals surface area (Å²) in [6.45, 7) is 6.62. The van der Waals surface area contributed by atoms with Crippen molar-refractivity contribution in [3.8, 4) is 0 Å². The van der Waals surface area contributed by atoms with E-state index in [1.54, 1.807) is 0 Å². The second kappa shape index (κ2) is 9.38. The largest absolute Gasteiger partial charge is 0.378 e. The van der Waals surface area contributed by atoms with Crippen LogP contribution in [-0.2, 0) is 6.42 Å². The van der Waals surface area contributed by atoms with Crippen LogP contribution in [0.25, 0.3) is 0 Å². The van der Waals surface area contributed by atoms with Crippen molar-refractivity contribution in [1.82, 2.24) is 0 Å². The van der Waals surface area contributed by atoms with Crippen LogP contribution < -0.4 is 10.2 Å². The molecular formula is C28H32N2O. The molecular weight excluding hydrogens is 380 g/mol. The monoisotopic (exact) mass is 412 g/mol. The molecule has 3 aromatic rings. The van der Waals surface area contributed by atoms with Crippen molar-refractivity contribution in [3.05, 3.63) is 95.6 Å². The first-order valence-electron chi connectivity index (χ1n) is 11.5. The van der Waals surface area contributed by atoms with Crippen molar-refractivity contribution in [2.24, 2.45) is 5.92 Å². The Labute approximate surface area is 186 Å². The third-order valence-corrected chi connectivity index (χ3v) is 6.47. The molecule has 1 aliphatic heterocycles. The smallest absolute Gasteiger partial charge is 0.258 e. The van der Waals surface area contributed by atoms with E-state index >= 15 is 0 Å². The number of hydrogen-bond acceptors (Lipinski definition) is 2. The Morgan fingerprint density at radius 2 is 1.58 bits per heavy atom. The van der Waals surface area contributed by atoms with Gasteiger partial charge in [0.05, 0.1) is 6.04 Å². The Bertz CT molecular complexity index is 1010. The number of nitrogens with zero attached hydrogens (tertiary/aromatic N) is 1. The van der Waals surface area contributed by atoms with Gasteiger partial charge >= 0.3 is 0 Å². The molecule has 3 nitrogen and oxygen atoms in total. The number of carbonyl (C=O) groups is 1. The number of benzene rings is 3. The summed E-state index contributed by atoms with van der Waals surface area (Å²) in [6, 6.07) is 27.1. The first kappa shape index (κ1) is 21.2. The zero-order valence-electron chi connectivity index (χ0n) is 18.7. The molecule has 31 heavy (non-hydrogen) atoms. The van der Waals surface area contributed by atoms with E-state index in [2.05, 4.69) is 80.7 Å². The Morgan fingerprint density at radius 3 is 2.26 bits per heavy atom. The Balaban J connectivity index is 1.71. The normalized spacial score (nSPS) is 20.2. The van der Waals surface area contributed by atoms with Crippen LogP contribution in [0.1, 0.15) is 61.1 Å². The molecule has 3 aromatic carbocycles. The molecule has 0 radical (unpaired) electrons. The maximum absolute atomic E-state index is 13.7. The predicted octanol–water partition coefficient (Wildman–Crippen LogP) is 6.87. The minimum Gasteiger partial charge on any atom is -0.378 e. The van der Waals surface area contributed by atoms with Crippen LogP contribution in [0.15, 0.2) is 78.9 Å². The molecule has 0 spiro atoms. The Morgan fingerprint density at radius 1 is 0.903 bits per heavy atom. The maximum atomic E-state index is 13.7. The van der Waals surface area contributed by atoms with Gasteiger partial charge < -0.3 is 10.2 Å². The zero-order valence-corrected chi connectivity index (χ0v) is 18.7. The summed E-state index contributed by atoms with van der Waals surface area (Å²) in [5.74, 6) is 0.357. The van der Waals surface area contributed by atoms with E-state index < -0.39 is 0 Å². The van der Waals surface area contributed by atoms with Crippen molar-refractivity contribution in [1.29, 1.82) is 0 Å². The molecule has 4 rings (SSSR count). The Hall–Kier alpha value is -3.07. The van der Waals surface area contributed by atoms with Crippen molar-refractivity contribution in [2.75, 3.05) is 10.2 Å². The molecule has 2 unspecified atom stereocenters. The SMILES string of the molecule is CCCc1ccc(C(=O)N2c3ccccc3C(Nc3ccccc3)[C@H](C)C2CC)cc1. The summed E-state index contributed by atoms with van der Waals surface area (Å²) in [6.07, 6.45) is 3.06. The fraction of sp³-hybridized carbons (Fsp3) is 0.321. The summed E-state index contributed by atoms with van der Waals surface area (Å²) in [4.78, 5) is 15.8. The molecule has 0 fully saturated rings. The highest BCUT2D eigenvalue weighted by Gasteiger charge is 2.40. The summed E-state index contributed by atoms with van der Waals surface area (Å²) < 4.78 is 0. The van der Waals surface area contributed by atoms with Gasteiger partial charge in [-0.05, 0) is 54.3 Å². The van der Waals surface area contributed by atoms with Gasteiger partial charge in [0.15, 0.2) is 0 Å². The lowest BCUT2D eigenvalue weighted by molar-refractivity contribution is 0.0960. The average molecular weight is 413 g/mol. The van der Waals surface area contributed by atoms with Crippen LogP contribution in [0.3, 0.4) is 0 Å². The molecule has 1 aliphatic rings. The molecule has 0 saturated heterocycles. The van der Waals surface area contributed by atoms with Crippen molar-refractivity contribution in [3.63, 3.8) is 0 Å². The zero-order chi connectivity index (χ0) is 21.8. The summed E-state index contributed by atoms with van der Waals surface area (Å²) in [5, 5.41) is 3.73. The van der Waals surface area contributed by atoms with Gasteiger partial charge in [0.1, 0.15) is 0 Å². The van der Waals surface area contributed by atoms with E-state index in [9.17, 15) is 4.79 Å². The van der Waals surface area contributed by atoms with Gasteiger partial charge in [0, 0.05) is 28.9 Å². The van der Waals surface area contributed by atoms with Gasteiger partial charge in [-0.2, -0.15) is 0 Å². The number of aryl methyl sites for hydroxylation is 1. The number of hydrogen-bond donors (Lipinski definition) is 1. The molecule has 1 heterocycles. The van der Waals surface area contributed by atoms with E-state index in [-0.39, 0.29) is 23.9 Å². The van der Waals surface area contributed by atoms with Gasteiger partial charge in [0.25, 0.3) is 5.91 Å². The maximum Gasteiger partial charge on any atom is 0.258 e. The highest BCUT2D eigenvalue weighted by molar-refractivity contribution is 6.07. The molecule has 0 aliphatic carbocycles. The van der Waals surface area contributed by atoms with E-state index in [0.717, 1.165) is 36.2 Å². The molecule has 0 saturated carbocycles. The summed E-state index contributed by atoms with van der Waals surface area (Å²) in [5.41, 5.74) is 5.35. The fourth-order valence-corrected chi connectivity index (χ4v) is 4.87.